The Labute approximate surface area is 270 Å². The topological polar surface area (TPSA) is 142 Å². The number of ether oxygens (including phenoxy) is 3. The van der Waals surface area contributed by atoms with Crippen LogP contribution < -0.4 is 15.1 Å². The number of carbonyl (C=O) groups is 1. The van der Waals surface area contributed by atoms with Gasteiger partial charge in [0.1, 0.15) is 11.6 Å². The number of hydrogen-bond acceptors (Lipinski definition) is 11. The molecule has 3 atom stereocenters. The minimum atomic E-state index is -4.59. The molecular weight excluding hydrogens is 619 g/mol. The second-order valence-electron chi connectivity index (χ2n) is 13.2. The molecule has 13 nitrogen and oxygen atoms in total. The number of aromatic nitrogens is 4. The highest BCUT2D eigenvalue weighted by Crippen LogP contribution is 2.55. The number of alkyl halides is 3. The monoisotopic (exact) mass is 659 g/mol. The third kappa shape index (κ3) is 5.94. The molecule has 5 aliphatic rings. The van der Waals surface area contributed by atoms with Gasteiger partial charge in [-0.15, -0.1) is 0 Å². The molecule has 0 bridgehead atoms. The van der Waals surface area contributed by atoms with Gasteiger partial charge in [-0.1, -0.05) is 12.8 Å². The molecule has 5 heterocycles. The molecule has 254 valence electrons. The second-order valence-corrected chi connectivity index (χ2v) is 13.2. The Hall–Kier alpha value is -3.79. The fourth-order valence-corrected chi connectivity index (χ4v) is 7.38. The van der Waals surface area contributed by atoms with Gasteiger partial charge in [0.15, 0.2) is 18.5 Å². The van der Waals surface area contributed by atoms with Gasteiger partial charge in [0, 0.05) is 25.7 Å². The summed E-state index contributed by atoms with van der Waals surface area (Å²) in [5.41, 5.74) is 0.387. The van der Waals surface area contributed by atoms with Crippen LogP contribution in [0.15, 0.2) is 12.4 Å². The molecule has 2 saturated heterocycles. The third-order valence-electron chi connectivity index (χ3n) is 9.83. The molecule has 47 heavy (non-hydrogen) atoms. The van der Waals surface area contributed by atoms with Crippen molar-refractivity contribution in [2.75, 3.05) is 48.0 Å². The van der Waals surface area contributed by atoms with E-state index < -0.39 is 30.3 Å². The van der Waals surface area contributed by atoms with Gasteiger partial charge in [-0.25, -0.2) is 19.9 Å². The standard InChI is InChI=1S/C31H40F3N9O4/c1-18-14-41(15-19(2)47-18)29-36-12-21(13-37-29)43-26-24(30(27(43)44)8-3-4-9-30)25(38-20-6-5-7-20)39-23(40-26)17-46-28(35)42-10-11-45-16-22(42)31(32,33)34/h12-13,18-20,22,35H,3-11,14-17H2,1-2H3,(H,38,39,40)/t18-,19+,22-/m1/s1. The summed E-state index contributed by atoms with van der Waals surface area (Å²) in [6.07, 6.45) is 4.79. The number of fused-ring (bicyclic) bond motifs is 2. The van der Waals surface area contributed by atoms with Gasteiger partial charge >= 0.3 is 6.18 Å². The summed E-state index contributed by atoms with van der Waals surface area (Å²) < 4.78 is 57.5. The Morgan fingerprint density at radius 1 is 1.11 bits per heavy atom. The molecule has 0 unspecified atom stereocenters. The predicted octanol–water partition coefficient (Wildman–Crippen LogP) is 4.05. The number of morpholine rings is 2. The van der Waals surface area contributed by atoms with E-state index >= 15 is 0 Å². The van der Waals surface area contributed by atoms with Crippen molar-refractivity contribution in [1.29, 1.82) is 5.41 Å². The van der Waals surface area contributed by atoms with Crippen molar-refractivity contribution in [3.8, 4) is 0 Å². The number of halogens is 3. The highest BCUT2D eigenvalue weighted by atomic mass is 19.4. The van der Waals surface area contributed by atoms with Crippen molar-refractivity contribution in [2.45, 2.75) is 101 Å². The summed E-state index contributed by atoms with van der Waals surface area (Å²) in [7, 11) is 0. The molecule has 4 fully saturated rings. The van der Waals surface area contributed by atoms with E-state index in [9.17, 15) is 18.0 Å². The molecule has 0 radical (unpaired) electrons. The summed E-state index contributed by atoms with van der Waals surface area (Å²) in [4.78, 5) is 37.8. The van der Waals surface area contributed by atoms with Crippen LogP contribution >= 0.6 is 0 Å². The molecular formula is C31H40F3N9O4. The Bertz CT molecular complexity index is 1490. The van der Waals surface area contributed by atoms with E-state index in [1.165, 1.54) is 0 Å². The van der Waals surface area contributed by atoms with Crippen molar-refractivity contribution in [1.82, 2.24) is 24.8 Å². The average molecular weight is 660 g/mol. The Morgan fingerprint density at radius 2 is 1.81 bits per heavy atom. The van der Waals surface area contributed by atoms with Crippen LogP contribution in [0.3, 0.4) is 0 Å². The van der Waals surface area contributed by atoms with Gasteiger partial charge in [-0.3, -0.25) is 15.1 Å². The molecule has 2 aromatic heterocycles. The molecule has 3 aliphatic heterocycles. The maximum absolute atomic E-state index is 14.5. The number of carbonyl (C=O) groups excluding carboxylic acids is 1. The van der Waals surface area contributed by atoms with Gasteiger partial charge in [0.25, 0.3) is 6.02 Å². The fourth-order valence-electron chi connectivity index (χ4n) is 7.38. The zero-order valence-corrected chi connectivity index (χ0v) is 26.6. The number of rotatable bonds is 6. The van der Waals surface area contributed by atoms with Crippen LogP contribution in [0.1, 0.15) is 70.2 Å². The maximum atomic E-state index is 14.5. The first-order valence-electron chi connectivity index (χ1n) is 16.4. The van der Waals surface area contributed by atoms with Gasteiger partial charge in [-0.05, 0) is 46.0 Å². The van der Waals surface area contributed by atoms with Crippen LogP contribution in [0.5, 0.6) is 0 Å². The van der Waals surface area contributed by atoms with E-state index in [0.29, 0.717) is 49.2 Å². The van der Waals surface area contributed by atoms with E-state index in [1.807, 2.05) is 13.8 Å². The SMILES string of the molecule is C[C@@H]1CN(c2ncc(N3C(=O)C4(CCCC4)c4c(NC5CCC5)nc(COC(=N)N5CCOC[C@@H]5C(F)(F)F)nc43)cn2)C[C@H](C)O1. The Kier molecular flexibility index (Phi) is 8.35. The van der Waals surface area contributed by atoms with Crippen molar-refractivity contribution in [3.63, 3.8) is 0 Å². The normalized spacial score (nSPS) is 26.0. The lowest BCUT2D eigenvalue weighted by Crippen LogP contribution is -2.55. The molecule has 1 spiro atoms. The van der Waals surface area contributed by atoms with Crippen LogP contribution in [-0.4, -0.2) is 100 Å². The zero-order valence-electron chi connectivity index (χ0n) is 26.6. The van der Waals surface area contributed by atoms with E-state index in [4.69, 9.17) is 29.6 Å². The molecule has 2 saturated carbocycles. The van der Waals surface area contributed by atoms with Crippen molar-refractivity contribution >= 4 is 35.2 Å². The summed E-state index contributed by atoms with van der Waals surface area (Å²) in [5, 5.41) is 11.9. The van der Waals surface area contributed by atoms with Crippen molar-refractivity contribution in [3.05, 3.63) is 23.8 Å². The van der Waals surface area contributed by atoms with Crippen LogP contribution in [-0.2, 0) is 31.0 Å². The Balaban J connectivity index is 1.22. The highest BCUT2D eigenvalue weighted by molar-refractivity contribution is 6.13. The number of hydrogen-bond donors (Lipinski definition) is 2. The summed E-state index contributed by atoms with van der Waals surface area (Å²) in [5.74, 6) is 1.50. The summed E-state index contributed by atoms with van der Waals surface area (Å²) in [6.45, 7) is 4.28. The lowest BCUT2D eigenvalue weighted by atomic mass is 9.80. The van der Waals surface area contributed by atoms with Gasteiger partial charge < -0.3 is 29.3 Å². The first-order valence-corrected chi connectivity index (χ1v) is 16.4. The van der Waals surface area contributed by atoms with Crippen LogP contribution in [0.4, 0.5) is 36.4 Å². The zero-order chi connectivity index (χ0) is 32.9. The molecule has 1 amide bonds. The van der Waals surface area contributed by atoms with Crippen LogP contribution in [0.2, 0.25) is 0 Å². The van der Waals surface area contributed by atoms with E-state index in [1.54, 1.807) is 17.3 Å². The molecule has 2 aliphatic carbocycles. The summed E-state index contributed by atoms with van der Waals surface area (Å²) in [6, 6.07) is -2.43. The van der Waals surface area contributed by atoms with E-state index in [0.717, 1.165) is 42.6 Å². The van der Waals surface area contributed by atoms with Crippen molar-refractivity contribution in [2.24, 2.45) is 0 Å². The number of amides is 1. The van der Waals surface area contributed by atoms with Gasteiger partial charge in [-0.2, -0.15) is 13.2 Å². The number of nitrogens with one attached hydrogen (secondary N) is 2. The van der Waals surface area contributed by atoms with Gasteiger partial charge in [0.05, 0.1) is 54.5 Å². The molecule has 7 rings (SSSR count). The highest BCUT2D eigenvalue weighted by Gasteiger charge is 2.56. The van der Waals surface area contributed by atoms with Crippen molar-refractivity contribution < 1.29 is 32.2 Å². The maximum Gasteiger partial charge on any atom is 0.411 e. The lowest BCUT2D eigenvalue weighted by molar-refractivity contribution is -0.202. The first-order chi connectivity index (χ1) is 22.5. The first kappa shape index (κ1) is 31.8. The predicted molar refractivity (Wildman–Crippen MR) is 165 cm³/mol. The van der Waals surface area contributed by atoms with E-state index in [2.05, 4.69) is 20.2 Å². The largest absolute Gasteiger partial charge is 0.457 e. The Morgan fingerprint density at radius 3 is 2.45 bits per heavy atom. The quantitative estimate of drug-likeness (QED) is 0.343. The smallest absolute Gasteiger partial charge is 0.411 e. The van der Waals surface area contributed by atoms with Gasteiger partial charge in [0.2, 0.25) is 11.9 Å². The molecule has 2 N–H and O–H groups in total. The minimum absolute atomic E-state index is 0.0271. The number of nitrogens with zero attached hydrogens (tertiary/aromatic N) is 7. The second kappa shape index (κ2) is 12.3. The average Bonchev–Trinajstić information content (AvgIpc) is 3.60. The fraction of sp³-hybridized carbons (Fsp3) is 0.677. The summed E-state index contributed by atoms with van der Waals surface area (Å²) >= 11 is 0. The molecule has 0 aromatic carbocycles. The van der Waals surface area contributed by atoms with Crippen LogP contribution in [0, 0.1) is 5.41 Å². The van der Waals surface area contributed by atoms with E-state index in [-0.39, 0.29) is 49.7 Å². The molecule has 2 aromatic rings. The third-order valence-corrected chi connectivity index (χ3v) is 9.83. The minimum Gasteiger partial charge on any atom is -0.457 e. The number of amidine groups is 1. The van der Waals surface area contributed by atoms with Crippen LogP contribution in [0.25, 0.3) is 0 Å². The molecule has 16 heteroatoms. The lowest BCUT2D eigenvalue weighted by Gasteiger charge is -2.37. The number of anilines is 4.